The molecule has 0 radical (unpaired) electrons. The van der Waals surface area contributed by atoms with Gasteiger partial charge in [-0.05, 0) is 50.1 Å². The van der Waals surface area contributed by atoms with Crippen LogP contribution in [-0.2, 0) is 4.79 Å². The normalized spacial score (nSPS) is 11.0. The second kappa shape index (κ2) is 10.6. The Balaban J connectivity index is 1.35. The van der Waals surface area contributed by atoms with E-state index in [2.05, 4.69) is 41.5 Å². The minimum Gasteiger partial charge on any atom is -0.399 e. The molecule has 3 aromatic rings. The van der Waals surface area contributed by atoms with Gasteiger partial charge in [-0.3, -0.25) is 4.79 Å². The Labute approximate surface area is 178 Å². The summed E-state index contributed by atoms with van der Waals surface area (Å²) in [5.41, 5.74) is 10.2. The molecule has 0 aliphatic heterocycles. The van der Waals surface area contributed by atoms with Gasteiger partial charge < -0.3 is 16.4 Å². The van der Waals surface area contributed by atoms with Crippen molar-refractivity contribution >= 4 is 39.1 Å². The van der Waals surface area contributed by atoms with Crippen LogP contribution in [0.2, 0.25) is 0 Å². The Morgan fingerprint density at radius 2 is 1.53 bits per heavy atom. The smallest absolute Gasteiger partial charge is 0.246 e. The van der Waals surface area contributed by atoms with E-state index in [0.29, 0.717) is 5.57 Å². The summed E-state index contributed by atoms with van der Waals surface area (Å²) in [6.07, 6.45) is 6.97. The molecule has 0 atom stereocenters. The lowest BCUT2D eigenvalue weighted by atomic mass is 10.1. The third kappa shape index (κ3) is 6.21. The average molecular weight is 405 g/mol. The summed E-state index contributed by atoms with van der Waals surface area (Å²) in [6, 6.07) is 14.3. The van der Waals surface area contributed by atoms with Gasteiger partial charge in [0, 0.05) is 40.8 Å². The van der Waals surface area contributed by atoms with Gasteiger partial charge in [-0.2, -0.15) is 0 Å². The molecule has 0 saturated carbocycles. The highest BCUT2D eigenvalue weighted by molar-refractivity contribution is 5.95. The summed E-state index contributed by atoms with van der Waals surface area (Å²) in [5, 5.41) is 8.63. The molecule has 1 aromatic heterocycles. The van der Waals surface area contributed by atoms with Gasteiger partial charge in [0.2, 0.25) is 5.91 Å². The van der Waals surface area contributed by atoms with Crippen LogP contribution in [0.1, 0.15) is 45.4 Å². The van der Waals surface area contributed by atoms with Crippen LogP contribution in [0, 0.1) is 0 Å². The molecule has 4 N–H and O–H groups in total. The van der Waals surface area contributed by atoms with Crippen molar-refractivity contribution in [3.05, 3.63) is 54.6 Å². The first-order valence-corrected chi connectivity index (χ1v) is 10.8. The first kappa shape index (κ1) is 21.6. The van der Waals surface area contributed by atoms with E-state index >= 15 is 0 Å². The van der Waals surface area contributed by atoms with Crippen LogP contribution in [0.5, 0.6) is 0 Å². The van der Waals surface area contributed by atoms with E-state index in [9.17, 15) is 4.79 Å². The molecule has 2 aromatic carbocycles. The van der Waals surface area contributed by atoms with E-state index in [4.69, 9.17) is 10.7 Å². The van der Waals surface area contributed by atoms with Gasteiger partial charge in [0.1, 0.15) is 0 Å². The SMILES string of the molecule is C=C(C)C(=O)NCCCCCCCCNc1ccc2cc3ccc(N)cc3nc2c1. The van der Waals surface area contributed by atoms with Crippen LogP contribution in [0.4, 0.5) is 11.4 Å². The number of benzene rings is 2. The monoisotopic (exact) mass is 404 g/mol. The zero-order valence-electron chi connectivity index (χ0n) is 17.8. The van der Waals surface area contributed by atoms with E-state index in [-0.39, 0.29) is 5.91 Å². The summed E-state index contributed by atoms with van der Waals surface area (Å²) >= 11 is 0. The van der Waals surface area contributed by atoms with E-state index < -0.39 is 0 Å². The second-order valence-electron chi connectivity index (χ2n) is 7.93. The molecule has 5 heteroatoms. The number of unbranched alkanes of at least 4 members (excludes halogenated alkanes) is 5. The first-order valence-electron chi connectivity index (χ1n) is 10.8. The summed E-state index contributed by atoms with van der Waals surface area (Å²) in [4.78, 5) is 16.1. The molecule has 1 amide bonds. The zero-order valence-corrected chi connectivity index (χ0v) is 17.8. The van der Waals surface area contributed by atoms with Gasteiger partial charge in [0.15, 0.2) is 0 Å². The zero-order chi connectivity index (χ0) is 21.3. The van der Waals surface area contributed by atoms with Gasteiger partial charge >= 0.3 is 0 Å². The number of carbonyl (C=O) groups is 1. The average Bonchev–Trinajstić information content (AvgIpc) is 2.73. The molecule has 1 heterocycles. The number of rotatable bonds is 11. The quantitative estimate of drug-likeness (QED) is 0.173. The van der Waals surface area contributed by atoms with E-state index in [1.807, 2.05) is 18.2 Å². The molecule has 158 valence electrons. The fraction of sp³-hybridized carbons (Fsp3) is 0.360. The standard InChI is InChI=1S/C25H32N4O/c1-18(2)25(30)28-14-8-6-4-3-5-7-13-27-22-12-10-20-15-19-9-11-21(26)16-23(19)29-24(20)17-22/h9-12,15-17,27H,1,3-8,13-14,26H2,2H3,(H,28,30). The van der Waals surface area contributed by atoms with Crippen LogP contribution in [0.25, 0.3) is 21.8 Å². The van der Waals surface area contributed by atoms with Crippen LogP contribution in [-0.4, -0.2) is 24.0 Å². The maximum absolute atomic E-state index is 11.4. The second-order valence-corrected chi connectivity index (χ2v) is 7.93. The lowest BCUT2D eigenvalue weighted by molar-refractivity contribution is -0.117. The Bertz CT molecular complexity index is 1030. The molecule has 0 unspecified atom stereocenters. The number of anilines is 2. The van der Waals surface area contributed by atoms with Crippen molar-refractivity contribution in [2.75, 3.05) is 24.1 Å². The highest BCUT2D eigenvalue weighted by Gasteiger charge is 2.03. The number of nitrogens with one attached hydrogen (secondary N) is 2. The topological polar surface area (TPSA) is 80.0 Å². The highest BCUT2D eigenvalue weighted by Crippen LogP contribution is 2.24. The summed E-state index contributed by atoms with van der Waals surface area (Å²) < 4.78 is 0. The number of nitrogen functional groups attached to an aromatic ring is 1. The van der Waals surface area contributed by atoms with Gasteiger partial charge in [-0.1, -0.05) is 44.4 Å². The minimum absolute atomic E-state index is 0.0396. The predicted octanol–water partition coefficient (Wildman–Crippen LogP) is 5.42. The lowest BCUT2D eigenvalue weighted by Gasteiger charge is -2.09. The fourth-order valence-electron chi connectivity index (χ4n) is 3.49. The molecule has 3 rings (SSSR count). The highest BCUT2D eigenvalue weighted by atomic mass is 16.1. The molecule has 0 fully saturated rings. The van der Waals surface area contributed by atoms with Crippen LogP contribution >= 0.6 is 0 Å². The summed E-state index contributed by atoms with van der Waals surface area (Å²) in [7, 11) is 0. The number of hydrogen-bond donors (Lipinski definition) is 3. The van der Waals surface area contributed by atoms with Gasteiger partial charge in [0.25, 0.3) is 0 Å². The van der Waals surface area contributed by atoms with Gasteiger partial charge in [-0.15, -0.1) is 0 Å². The number of carbonyl (C=O) groups excluding carboxylic acids is 1. The Morgan fingerprint density at radius 3 is 2.27 bits per heavy atom. The first-order chi connectivity index (χ1) is 14.5. The molecule has 0 aliphatic rings. The van der Waals surface area contributed by atoms with Crippen molar-refractivity contribution in [1.82, 2.24) is 10.3 Å². The number of amides is 1. The van der Waals surface area contributed by atoms with Crippen molar-refractivity contribution in [3.63, 3.8) is 0 Å². The van der Waals surface area contributed by atoms with Gasteiger partial charge in [-0.25, -0.2) is 4.98 Å². The molecular formula is C25H32N4O. The predicted molar refractivity (Wildman–Crippen MR) is 128 cm³/mol. The largest absolute Gasteiger partial charge is 0.399 e. The van der Waals surface area contributed by atoms with E-state index in [1.54, 1.807) is 6.92 Å². The van der Waals surface area contributed by atoms with Crippen molar-refractivity contribution < 1.29 is 4.79 Å². The van der Waals surface area contributed by atoms with Crippen LogP contribution in [0.3, 0.4) is 0 Å². The molecule has 5 nitrogen and oxygen atoms in total. The number of hydrogen-bond acceptors (Lipinski definition) is 4. The van der Waals surface area contributed by atoms with Crippen LogP contribution < -0.4 is 16.4 Å². The maximum atomic E-state index is 11.4. The lowest BCUT2D eigenvalue weighted by Crippen LogP contribution is -2.24. The number of pyridine rings is 1. The van der Waals surface area contributed by atoms with E-state index in [1.165, 1.54) is 19.3 Å². The Kier molecular flexibility index (Phi) is 7.66. The third-order valence-electron chi connectivity index (χ3n) is 5.24. The Hall–Kier alpha value is -3.08. The Morgan fingerprint density at radius 1 is 0.900 bits per heavy atom. The molecule has 0 bridgehead atoms. The number of aromatic nitrogens is 1. The van der Waals surface area contributed by atoms with Crippen molar-refractivity contribution in [1.29, 1.82) is 0 Å². The third-order valence-corrected chi connectivity index (χ3v) is 5.24. The van der Waals surface area contributed by atoms with Crippen molar-refractivity contribution in [2.24, 2.45) is 0 Å². The molecular weight excluding hydrogens is 372 g/mol. The number of nitrogens with zero attached hydrogens (tertiary/aromatic N) is 1. The molecule has 0 spiro atoms. The molecule has 0 saturated heterocycles. The van der Waals surface area contributed by atoms with Gasteiger partial charge in [0.05, 0.1) is 11.0 Å². The maximum Gasteiger partial charge on any atom is 0.246 e. The van der Waals surface area contributed by atoms with Crippen molar-refractivity contribution in [3.8, 4) is 0 Å². The number of nitrogens with two attached hydrogens (primary N) is 1. The fourth-order valence-corrected chi connectivity index (χ4v) is 3.49. The minimum atomic E-state index is -0.0396. The van der Waals surface area contributed by atoms with Crippen molar-refractivity contribution in [2.45, 2.75) is 45.4 Å². The molecule has 30 heavy (non-hydrogen) atoms. The summed E-state index contributed by atoms with van der Waals surface area (Å²) in [6.45, 7) is 7.07. The van der Waals surface area contributed by atoms with Crippen LogP contribution in [0.15, 0.2) is 54.6 Å². The number of fused-ring (bicyclic) bond motifs is 2. The van der Waals surface area contributed by atoms with E-state index in [0.717, 1.165) is 65.5 Å². The molecule has 0 aliphatic carbocycles. The summed E-state index contributed by atoms with van der Waals surface area (Å²) in [5.74, 6) is -0.0396.